The summed E-state index contributed by atoms with van der Waals surface area (Å²) < 4.78 is 0. The topological polar surface area (TPSA) is 61.4 Å². The van der Waals surface area contributed by atoms with Gasteiger partial charge in [-0.25, -0.2) is 0 Å². The van der Waals surface area contributed by atoms with Crippen molar-refractivity contribution in [1.29, 1.82) is 0 Å². The first-order chi connectivity index (χ1) is 9.94. The van der Waals surface area contributed by atoms with Crippen molar-refractivity contribution in [3.63, 3.8) is 0 Å². The molecule has 0 radical (unpaired) electrons. The molecule has 0 unspecified atom stereocenters. The highest BCUT2D eigenvalue weighted by atomic mass is 16.2. The minimum absolute atomic E-state index is 0.0145. The van der Waals surface area contributed by atoms with E-state index in [1.165, 1.54) is 5.56 Å². The van der Waals surface area contributed by atoms with Crippen LogP contribution < -0.4 is 10.6 Å². The highest BCUT2D eigenvalue weighted by molar-refractivity contribution is 5.93. The van der Waals surface area contributed by atoms with E-state index in [1.54, 1.807) is 11.9 Å². The average molecular weight is 289 g/mol. The van der Waals surface area contributed by atoms with Crippen LogP contribution in [0, 0.1) is 13.8 Å². The quantitative estimate of drug-likeness (QED) is 0.833. The zero-order valence-electron chi connectivity index (χ0n) is 12.9. The number of hydrogen-bond donors (Lipinski definition) is 2. The predicted molar refractivity (Wildman–Crippen MR) is 83.2 cm³/mol. The van der Waals surface area contributed by atoms with Crippen LogP contribution in [-0.2, 0) is 9.59 Å². The molecule has 2 N–H and O–H groups in total. The summed E-state index contributed by atoms with van der Waals surface area (Å²) in [5.74, 6) is -0.122. The van der Waals surface area contributed by atoms with Crippen molar-refractivity contribution in [2.45, 2.75) is 32.7 Å². The Morgan fingerprint density at radius 1 is 1.19 bits per heavy atom. The molecule has 2 rings (SSSR count). The van der Waals surface area contributed by atoms with E-state index in [0.29, 0.717) is 6.04 Å². The number of hydrogen-bond acceptors (Lipinski definition) is 3. The molecule has 1 aliphatic rings. The van der Waals surface area contributed by atoms with E-state index < -0.39 is 0 Å². The molecule has 1 saturated carbocycles. The van der Waals surface area contributed by atoms with E-state index in [9.17, 15) is 9.59 Å². The Kier molecular flexibility index (Phi) is 4.96. The minimum Gasteiger partial charge on any atom is -0.352 e. The third kappa shape index (κ3) is 5.19. The summed E-state index contributed by atoms with van der Waals surface area (Å²) in [6.07, 6.45) is 2.14. The molecule has 114 valence electrons. The highest BCUT2D eigenvalue weighted by Crippen LogP contribution is 2.18. The summed E-state index contributed by atoms with van der Waals surface area (Å²) in [5, 5.41) is 5.79. The number of rotatable bonds is 6. The second-order valence-electron chi connectivity index (χ2n) is 5.88. The van der Waals surface area contributed by atoms with Gasteiger partial charge in [0.25, 0.3) is 0 Å². The molecule has 2 amide bonds. The first kappa shape index (κ1) is 15.5. The van der Waals surface area contributed by atoms with E-state index in [-0.39, 0.29) is 24.9 Å². The molecule has 0 spiro atoms. The Hall–Kier alpha value is -1.88. The van der Waals surface area contributed by atoms with Gasteiger partial charge in [0, 0.05) is 11.7 Å². The average Bonchev–Trinajstić information content (AvgIpc) is 3.16. The van der Waals surface area contributed by atoms with Crippen LogP contribution in [-0.4, -0.2) is 42.9 Å². The molecule has 1 aliphatic carbocycles. The Labute approximate surface area is 125 Å². The maximum absolute atomic E-state index is 12.0. The minimum atomic E-state index is -0.108. The second-order valence-corrected chi connectivity index (χ2v) is 5.88. The molecular weight excluding hydrogens is 266 g/mol. The summed E-state index contributed by atoms with van der Waals surface area (Å²) in [6.45, 7) is 4.43. The van der Waals surface area contributed by atoms with Crippen LogP contribution in [0.15, 0.2) is 18.2 Å². The van der Waals surface area contributed by atoms with Crippen molar-refractivity contribution in [3.8, 4) is 0 Å². The number of nitrogens with one attached hydrogen (secondary N) is 2. The van der Waals surface area contributed by atoms with Crippen LogP contribution in [0.5, 0.6) is 0 Å². The zero-order valence-corrected chi connectivity index (χ0v) is 12.9. The molecule has 5 heteroatoms. The molecule has 0 aromatic heterocycles. The molecule has 5 nitrogen and oxygen atoms in total. The van der Waals surface area contributed by atoms with E-state index in [0.717, 1.165) is 24.1 Å². The van der Waals surface area contributed by atoms with Crippen LogP contribution in [0.3, 0.4) is 0 Å². The maximum Gasteiger partial charge on any atom is 0.238 e. The van der Waals surface area contributed by atoms with Crippen molar-refractivity contribution >= 4 is 17.5 Å². The lowest BCUT2D eigenvalue weighted by Gasteiger charge is -2.16. The summed E-state index contributed by atoms with van der Waals surface area (Å²) in [4.78, 5) is 25.4. The number of nitrogens with zero attached hydrogens (tertiary/aromatic N) is 1. The number of carbonyl (C=O) groups is 2. The van der Waals surface area contributed by atoms with E-state index in [4.69, 9.17) is 0 Å². The van der Waals surface area contributed by atoms with Crippen molar-refractivity contribution in [2.24, 2.45) is 0 Å². The highest BCUT2D eigenvalue weighted by Gasteiger charge is 2.23. The largest absolute Gasteiger partial charge is 0.352 e. The van der Waals surface area contributed by atoms with Gasteiger partial charge in [-0.05, 0) is 45.4 Å². The number of aryl methyl sites for hydroxylation is 2. The molecule has 0 heterocycles. The van der Waals surface area contributed by atoms with Crippen molar-refractivity contribution in [2.75, 3.05) is 25.5 Å². The first-order valence-electron chi connectivity index (χ1n) is 7.29. The molecule has 1 fully saturated rings. The number of benzene rings is 1. The van der Waals surface area contributed by atoms with E-state index in [1.807, 2.05) is 32.0 Å². The normalized spacial score (nSPS) is 14.1. The number of anilines is 1. The van der Waals surface area contributed by atoms with Crippen molar-refractivity contribution in [1.82, 2.24) is 10.2 Å². The van der Waals surface area contributed by atoms with Gasteiger partial charge in [0.1, 0.15) is 0 Å². The summed E-state index contributed by atoms with van der Waals surface area (Å²) >= 11 is 0. The van der Waals surface area contributed by atoms with Gasteiger partial charge in [0.2, 0.25) is 11.8 Å². The van der Waals surface area contributed by atoms with Crippen LogP contribution in [0.2, 0.25) is 0 Å². The molecule has 0 aliphatic heterocycles. The fourth-order valence-corrected chi connectivity index (χ4v) is 2.19. The smallest absolute Gasteiger partial charge is 0.238 e. The second kappa shape index (κ2) is 6.72. The van der Waals surface area contributed by atoms with Gasteiger partial charge in [-0.15, -0.1) is 0 Å². The monoisotopic (exact) mass is 289 g/mol. The van der Waals surface area contributed by atoms with Gasteiger partial charge in [-0.3, -0.25) is 14.5 Å². The zero-order chi connectivity index (χ0) is 15.4. The van der Waals surface area contributed by atoms with Crippen LogP contribution in [0.1, 0.15) is 24.0 Å². The van der Waals surface area contributed by atoms with Crippen LogP contribution in [0.25, 0.3) is 0 Å². The van der Waals surface area contributed by atoms with Crippen LogP contribution >= 0.6 is 0 Å². The number of carbonyl (C=O) groups excluding carboxylic acids is 2. The number of amides is 2. The molecular formula is C16H23N3O2. The molecule has 0 atom stereocenters. The summed E-state index contributed by atoms with van der Waals surface area (Å²) in [7, 11) is 1.77. The maximum atomic E-state index is 12.0. The van der Waals surface area contributed by atoms with Crippen LogP contribution in [0.4, 0.5) is 5.69 Å². The Bertz CT molecular complexity index is 538. The van der Waals surface area contributed by atoms with Gasteiger partial charge in [-0.2, -0.15) is 0 Å². The first-order valence-corrected chi connectivity index (χ1v) is 7.29. The van der Waals surface area contributed by atoms with E-state index >= 15 is 0 Å². The lowest BCUT2D eigenvalue weighted by Crippen LogP contribution is -2.39. The molecule has 0 saturated heterocycles. The Morgan fingerprint density at radius 3 is 2.48 bits per heavy atom. The Morgan fingerprint density at radius 2 is 1.86 bits per heavy atom. The molecule has 1 aromatic rings. The fraction of sp³-hybridized carbons (Fsp3) is 0.500. The summed E-state index contributed by atoms with van der Waals surface area (Å²) in [5.41, 5.74) is 3.03. The third-order valence-electron chi connectivity index (χ3n) is 3.43. The van der Waals surface area contributed by atoms with E-state index in [2.05, 4.69) is 10.6 Å². The van der Waals surface area contributed by atoms with Crippen molar-refractivity contribution < 1.29 is 9.59 Å². The van der Waals surface area contributed by atoms with Gasteiger partial charge in [-0.1, -0.05) is 17.7 Å². The predicted octanol–water partition coefficient (Wildman–Crippen LogP) is 1.45. The number of likely N-dealkylation sites (N-methyl/N-ethyl adjacent to an activating group) is 1. The SMILES string of the molecule is Cc1ccc(NC(=O)CN(C)CC(=O)NC2CC2)c(C)c1. The van der Waals surface area contributed by atoms with Gasteiger partial charge < -0.3 is 10.6 Å². The van der Waals surface area contributed by atoms with Crippen molar-refractivity contribution in [3.05, 3.63) is 29.3 Å². The Balaban J connectivity index is 1.78. The summed E-state index contributed by atoms with van der Waals surface area (Å²) in [6, 6.07) is 6.26. The molecule has 21 heavy (non-hydrogen) atoms. The standard InChI is InChI=1S/C16H23N3O2/c1-11-4-7-14(12(2)8-11)18-16(21)10-19(3)9-15(20)17-13-5-6-13/h4,7-8,13H,5-6,9-10H2,1-3H3,(H,17,20)(H,18,21). The third-order valence-corrected chi connectivity index (χ3v) is 3.43. The van der Waals surface area contributed by atoms with Gasteiger partial charge >= 0.3 is 0 Å². The fourth-order valence-electron chi connectivity index (χ4n) is 2.19. The van der Waals surface area contributed by atoms with Gasteiger partial charge in [0.15, 0.2) is 0 Å². The lowest BCUT2D eigenvalue weighted by atomic mass is 10.1. The lowest BCUT2D eigenvalue weighted by molar-refractivity contribution is -0.123. The van der Waals surface area contributed by atoms with Gasteiger partial charge in [0.05, 0.1) is 13.1 Å². The molecule has 1 aromatic carbocycles. The molecule has 0 bridgehead atoms.